The molecule has 0 unspecified atom stereocenters. The number of carbonyl (C=O) groups excluding carboxylic acids is 1. The van der Waals surface area contributed by atoms with Gasteiger partial charge in [-0.15, -0.1) is 0 Å². The van der Waals surface area contributed by atoms with Gasteiger partial charge in [-0.2, -0.15) is 5.10 Å². The summed E-state index contributed by atoms with van der Waals surface area (Å²) in [5, 5.41) is 4.47. The molecule has 0 spiro atoms. The lowest BCUT2D eigenvalue weighted by molar-refractivity contribution is -0.130. The first-order valence-electron chi connectivity index (χ1n) is 8.04. The molecule has 1 amide bonds. The third kappa shape index (κ3) is 3.18. The Bertz CT molecular complexity index is 865. The van der Waals surface area contributed by atoms with Gasteiger partial charge in [0.15, 0.2) is 5.65 Å². The molecule has 0 radical (unpaired) electrons. The summed E-state index contributed by atoms with van der Waals surface area (Å²) >= 11 is 0. The minimum absolute atomic E-state index is 0.0851. The van der Waals surface area contributed by atoms with Crippen molar-refractivity contribution in [1.82, 2.24) is 19.5 Å². The first-order chi connectivity index (χ1) is 11.5. The van der Waals surface area contributed by atoms with Crippen LogP contribution in [0.1, 0.15) is 34.8 Å². The van der Waals surface area contributed by atoms with Crippen molar-refractivity contribution in [3.05, 3.63) is 52.9 Å². The van der Waals surface area contributed by atoms with Gasteiger partial charge < -0.3 is 9.32 Å². The number of carbonyl (C=O) groups is 1. The van der Waals surface area contributed by atoms with Gasteiger partial charge in [0.25, 0.3) is 0 Å². The Morgan fingerprint density at radius 1 is 1.33 bits per heavy atom. The van der Waals surface area contributed by atoms with E-state index >= 15 is 0 Å². The molecule has 0 bridgehead atoms. The third-order valence-electron chi connectivity index (χ3n) is 4.27. The highest BCUT2D eigenvalue weighted by molar-refractivity contribution is 5.76. The standard InChI is InChI=1S/C18H22N4O2/c1-12-10-17-19-13(2)16(14(3)22(17)20-12)7-8-18(23)21(4)11-15-6-5-9-24-15/h5-6,9-10H,7-8,11H2,1-4H3. The van der Waals surface area contributed by atoms with Gasteiger partial charge in [-0.3, -0.25) is 4.79 Å². The number of furan rings is 1. The first kappa shape index (κ1) is 16.2. The van der Waals surface area contributed by atoms with E-state index in [-0.39, 0.29) is 5.91 Å². The summed E-state index contributed by atoms with van der Waals surface area (Å²) in [5.41, 5.74) is 4.89. The topological polar surface area (TPSA) is 63.6 Å². The zero-order valence-electron chi connectivity index (χ0n) is 14.5. The Balaban J connectivity index is 1.72. The fraction of sp³-hybridized carbons (Fsp3) is 0.389. The largest absolute Gasteiger partial charge is 0.467 e. The molecule has 6 nitrogen and oxygen atoms in total. The number of amides is 1. The fourth-order valence-corrected chi connectivity index (χ4v) is 2.95. The molecule has 0 aliphatic rings. The van der Waals surface area contributed by atoms with Crippen molar-refractivity contribution in [3.63, 3.8) is 0 Å². The van der Waals surface area contributed by atoms with Gasteiger partial charge in [0.05, 0.1) is 18.5 Å². The van der Waals surface area contributed by atoms with E-state index in [0.717, 1.165) is 34.1 Å². The van der Waals surface area contributed by atoms with E-state index in [1.54, 1.807) is 18.2 Å². The highest BCUT2D eigenvalue weighted by atomic mass is 16.3. The van der Waals surface area contributed by atoms with Crippen LogP contribution >= 0.6 is 0 Å². The molecular formula is C18H22N4O2. The SMILES string of the molecule is Cc1cc2nc(C)c(CCC(=O)N(C)Cc3ccco3)c(C)n2n1. The van der Waals surface area contributed by atoms with E-state index in [2.05, 4.69) is 10.1 Å². The van der Waals surface area contributed by atoms with Crippen molar-refractivity contribution in [1.29, 1.82) is 0 Å². The summed E-state index contributed by atoms with van der Waals surface area (Å²) in [5.74, 6) is 0.871. The van der Waals surface area contributed by atoms with Gasteiger partial charge >= 0.3 is 0 Å². The molecule has 0 aliphatic heterocycles. The second-order valence-corrected chi connectivity index (χ2v) is 6.15. The maximum atomic E-state index is 12.4. The van der Waals surface area contributed by atoms with E-state index in [1.165, 1.54) is 0 Å². The second kappa shape index (κ2) is 6.47. The van der Waals surface area contributed by atoms with E-state index in [4.69, 9.17) is 4.42 Å². The van der Waals surface area contributed by atoms with Crippen LogP contribution in [0, 0.1) is 20.8 Å². The summed E-state index contributed by atoms with van der Waals surface area (Å²) in [6.07, 6.45) is 2.71. The fourth-order valence-electron chi connectivity index (χ4n) is 2.95. The number of rotatable bonds is 5. The maximum Gasteiger partial charge on any atom is 0.223 e. The minimum atomic E-state index is 0.0851. The van der Waals surface area contributed by atoms with Crippen LogP contribution in [0.25, 0.3) is 5.65 Å². The van der Waals surface area contributed by atoms with E-state index in [1.807, 2.05) is 43.5 Å². The Labute approximate surface area is 141 Å². The molecule has 0 atom stereocenters. The molecule has 126 valence electrons. The number of hydrogen-bond acceptors (Lipinski definition) is 4. The molecule has 0 saturated heterocycles. The predicted molar refractivity (Wildman–Crippen MR) is 90.7 cm³/mol. The van der Waals surface area contributed by atoms with Crippen molar-refractivity contribution in [2.24, 2.45) is 0 Å². The van der Waals surface area contributed by atoms with Crippen LogP contribution in [0.15, 0.2) is 28.9 Å². The van der Waals surface area contributed by atoms with Gasteiger partial charge in [-0.1, -0.05) is 0 Å². The van der Waals surface area contributed by atoms with Crippen LogP contribution in [0.3, 0.4) is 0 Å². The Kier molecular flexibility index (Phi) is 4.38. The normalized spacial score (nSPS) is 11.2. The van der Waals surface area contributed by atoms with Crippen LogP contribution in [0.2, 0.25) is 0 Å². The molecule has 6 heteroatoms. The predicted octanol–water partition coefficient (Wildman–Crippen LogP) is 2.84. The van der Waals surface area contributed by atoms with Crippen LogP contribution in [0.4, 0.5) is 0 Å². The zero-order chi connectivity index (χ0) is 17.3. The van der Waals surface area contributed by atoms with Crippen LogP contribution in [-0.4, -0.2) is 32.5 Å². The van der Waals surface area contributed by atoms with E-state index in [9.17, 15) is 4.79 Å². The summed E-state index contributed by atoms with van der Waals surface area (Å²) in [7, 11) is 1.79. The minimum Gasteiger partial charge on any atom is -0.467 e. The number of aromatic nitrogens is 3. The molecule has 3 aromatic heterocycles. The Morgan fingerprint density at radius 3 is 2.83 bits per heavy atom. The lowest BCUT2D eigenvalue weighted by Gasteiger charge is -2.17. The molecule has 0 N–H and O–H groups in total. The number of hydrogen-bond donors (Lipinski definition) is 0. The van der Waals surface area contributed by atoms with Crippen molar-refractivity contribution in [3.8, 4) is 0 Å². The van der Waals surface area contributed by atoms with Crippen LogP contribution in [-0.2, 0) is 17.8 Å². The zero-order valence-corrected chi connectivity index (χ0v) is 14.5. The first-order valence-corrected chi connectivity index (χ1v) is 8.04. The lowest BCUT2D eigenvalue weighted by atomic mass is 10.1. The maximum absolute atomic E-state index is 12.4. The summed E-state index contributed by atoms with van der Waals surface area (Å²) < 4.78 is 7.15. The number of fused-ring (bicyclic) bond motifs is 1. The second-order valence-electron chi connectivity index (χ2n) is 6.15. The van der Waals surface area contributed by atoms with E-state index in [0.29, 0.717) is 19.4 Å². The smallest absolute Gasteiger partial charge is 0.223 e. The molecule has 0 aliphatic carbocycles. The Hall–Kier alpha value is -2.63. The third-order valence-corrected chi connectivity index (χ3v) is 4.27. The highest BCUT2D eigenvalue weighted by Crippen LogP contribution is 2.17. The van der Waals surface area contributed by atoms with Gasteiger partial charge in [0.2, 0.25) is 5.91 Å². The van der Waals surface area contributed by atoms with Gasteiger partial charge in [0.1, 0.15) is 5.76 Å². The van der Waals surface area contributed by atoms with Crippen molar-refractivity contribution >= 4 is 11.6 Å². The molecule has 0 aromatic carbocycles. The molecule has 3 rings (SSSR count). The van der Waals surface area contributed by atoms with Gasteiger partial charge in [0, 0.05) is 30.9 Å². The summed E-state index contributed by atoms with van der Waals surface area (Å²) in [4.78, 5) is 18.7. The summed E-state index contributed by atoms with van der Waals surface area (Å²) in [6.45, 7) is 6.46. The molecular weight excluding hydrogens is 304 g/mol. The van der Waals surface area contributed by atoms with Crippen molar-refractivity contribution < 1.29 is 9.21 Å². The number of nitrogens with zero attached hydrogens (tertiary/aromatic N) is 4. The monoisotopic (exact) mass is 326 g/mol. The molecule has 0 saturated carbocycles. The van der Waals surface area contributed by atoms with Gasteiger partial charge in [-0.05, 0) is 44.9 Å². The van der Waals surface area contributed by atoms with E-state index < -0.39 is 0 Å². The van der Waals surface area contributed by atoms with Crippen molar-refractivity contribution in [2.75, 3.05) is 7.05 Å². The quantitative estimate of drug-likeness (QED) is 0.723. The lowest BCUT2D eigenvalue weighted by Crippen LogP contribution is -2.26. The molecule has 0 fully saturated rings. The Morgan fingerprint density at radius 2 is 2.12 bits per heavy atom. The molecule has 24 heavy (non-hydrogen) atoms. The van der Waals surface area contributed by atoms with Crippen LogP contribution < -0.4 is 0 Å². The highest BCUT2D eigenvalue weighted by Gasteiger charge is 2.15. The van der Waals surface area contributed by atoms with Gasteiger partial charge in [-0.25, -0.2) is 9.50 Å². The van der Waals surface area contributed by atoms with Crippen LogP contribution in [0.5, 0.6) is 0 Å². The summed E-state index contributed by atoms with van der Waals surface area (Å²) in [6, 6.07) is 5.66. The van der Waals surface area contributed by atoms with Crippen molar-refractivity contribution in [2.45, 2.75) is 40.2 Å². The molecule has 3 heterocycles. The molecule has 3 aromatic rings. The average molecular weight is 326 g/mol. The number of aryl methyl sites for hydroxylation is 3. The average Bonchev–Trinajstić information content (AvgIpc) is 3.15.